The van der Waals surface area contributed by atoms with Crippen molar-refractivity contribution in [1.29, 1.82) is 0 Å². The summed E-state index contributed by atoms with van der Waals surface area (Å²) >= 11 is 0. The zero-order valence-corrected chi connectivity index (χ0v) is 7.72. The lowest BCUT2D eigenvalue weighted by Gasteiger charge is -1.98. The van der Waals surface area contributed by atoms with Crippen molar-refractivity contribution in [3.8, 4) is 0 Å². The van der Waals surface area contributed by atoms with Gasteiger partial charge < -0.3 is 0 Å². The van der Waals surface area contributed by atoms with Crippen molar-refractivity contribution < 1.29 is 0 Å². The molecule has 2 nitrogen and oxygen atoms in total. The average Bonchev–Trinajstić information content (AvgIpc) is 2.26. The second-order valence-corrected chi connectivity index (χ2v) is 2.91. The van der Waals surface area contributed by atoms with Gasteiger partial charge in [0.05, 0.1) is 11.7 Å². The van der Waals surface area contributed by atoms with Crippen LogP contribution in [0.5, 0.6) is 0 Å². The first-order chi connectivity index (χ1) is 6.92. The van der Waals surface area contributed by atoms with Gasteiger partial charge in [0.2, 0.25) is 0 Å². The Balaban J connectivity index is 2.64. The first-order valence-corrected chi connectivity index (χ1v) is 4.41. The van der Waals surface area contributed by atoms with Crippen molar-refractivity contribution in [2.75, 3.05) is 0 Å². The standard InChI is InChI=1S/C12H10N2/c1-2-3-6-10-9-13-14-12-8-5-4-7-11(10)12/h2-9H,1H2. The van der Waals surface area contributed by atoms with Gasteiger partial charge in [-0.2, -0.15) is 10.2 Å². The van der Waals surface area contributed by atoms with Crippen LogP contribution >= 0.6 is 0 Å². The van der Waals surface area contributed by atoms with E-state index in [4.69, 9.17) is 0 Å². The average molecular weight is 182 g/mol. The summed E-state index contributed by atoms with van der Waals surface area (Å²) in [5.74, 6) is 0. The van der Waals surface area contributed by atoms with Gasteiger partial charge in [-0.3, -0.25) is 0 Å². The monoisotopic (exact) mass is 182 g/mol. The quantitative estimate of drug-likeness (QED) is 0.667. The summed E-state index contributed by atoms with van der Waals surface area (Å²) in [6.45, 7) is 3.63. The number of aromatic nitrogens is 2. The van der Waals surface area contributed by atoms with E-state index in [1.807, 2.05) is 36.4 Å². The van der Waals surface area contributed by atoms with Crippen LogP contribution in [0.3, 0.4) is 0 Å². The molecule has 14 heavy (non-hydrogen) atoms. The van der Waals surface area contributed by atoms with E-state index in [2.05, 4.69) is 16.8 Å². The van der Waals surface area contributed by atoms with Gasteiger partial charge in [-0.25, -0.2) is 0 Å². The molecule has 1 aromatic carbocycles. The lowest BCUT2D eigenvalue weighted by atomic mass is 10.1. The molecule has 0 aliphatic carbocycles. The van der Waals surface area contributed by atoms with Crippen molar-refractivity contribution in [3.05, 3.63) is 54.8 Å². The van der Waals surface area contributed by atoms with E-state index in [1.54, 1.807) is 12.3 Å². The molecule has 0 saturated heterocycles. The number of fused-ring (bicyclic) bond motifs is 1. The van der Waals surface area contributed by atoms with E-state index in [0.29, 0.717) is 0 Å². The molecule has 0 fully saturated rings. The van der Waals surface area contributed by atoms with E-state index < -0.39 is 0 Å². The highest BCUT2D eigenvalue weighted by atomic mass is 15.1. The van der Waals surface area contributed by atoms with Crippen LogP contribution in [0.2, 0.25) is 0 Å². The third kappa shape index (κ3) is 1.55. The molecule has 1 aromatic heterocycles. The number of rotatable bonds is 2. The summed E-state index contributed by atoms with van der Waals surface area (Å²) < 4.78 is 0. The first-order valence-electron chi connectivity index (χ1n) is 4.41. The zero-order valence-electron chi connectivity index (χ0n) is 7.72. The summed E-state index contributed by atoms with van der Waals surface area (Å²) in [5, 5.41) is 9.08. The van der Waals surface area contributed by atoms with Crippen LogP contribution in [0.4, 0.5) is 0 Å². The molecule has 68 valence electrons. The van der Waals surface area contributed by atoms with Crippen molar-refractivity contribution in [1.82, 2.24) is 10.2 Å². The van der Waals surface area contributed by atoms with Crippen LogP contribution in [0, 0.1) is 0 Å². The SMILES string of the molecule is C=CC=Cc1cnnc2ccccc12. The highest BCUT2D eigenvalue weighted by Gasteiger charge is 1.97. The second-order valence-electron chi connectivity index (χ2n) is 2.91. The van der Waals surface area contributed by atoms with Crippen molar-refractivity contribution >= 4 is 17.0 Å². The van der Waals surface area contributed by atoms with E-state index >= 15 is 0 Å². The van der Waals surface area contributed by atoms with E-state index in [9.17, 15) is 0 Å². The molecule has 0 atom stereocenters. The molecule has 0 N–H and O–H groups in total. The molecule has 0 spiro atoms. The van der Waals surface area contributed by atoms with Gasteiger partial charge in [0, 0.05) is 10.9 Å². The van der Waals surface area contributed by atoms with Crippen LogP contribution in [-0.2, 0) is 0 Å². The van der Waals surface area contributed by atoms with Crippen molar-refractivity contribution in [2.24, 2.45) is 0 Å². The first kappa shape index (κ1) is 8.63. The molecular weight excluding hydrogens is 172 g/mol. The van der Waals surface area contributed by atoms with Crippen molar-refractivity contribution in [2.45, 2.75) is 0 Å². The molecule has 0 bridgehead atoms. The summed E-state index contributed by atoms with van der Waals surface area (Å²) in [6, 6.07) is 7.94. The fourth-order valence-corrected chi connectivity index (χ4v) is 1.33. The Kier molecular flexibility index (Phi) is 2.36. The molecular formula is C12H10N2. The minimum Gasteiger partial charge on any atom is -0.158 e. The summed E-state index contributed by atoms with van der Waals surface area (Å²) in [4.78, 5) is 0. The summed E-state index contributed by atoms with van der Waals surface area (Å²) in [5.41, 5.74) is 1.98. The van der Waals surface area contributed by atoms with Crippen LogP contribution in [0.15, 0.2) is 49.2 Å². The Morgan fingerprint density at radius 1 is 1.21 bits per heavy atom. The Bertz CT molecular complexity index is 481. The number of allylic oxidation sites excluding steroid dienone is 2. The molecule has 2 rings (SSSR count). The van der Waals surface area contributed by atoms with Gasteiger partial charge in [-0.1, -0.05) is 43.0 Å². The van der Waals surface area contributed by atoms with Crippen LogP contribution in [0.25, 0.3) is 17.0 Å². The van der Waals surface area contributed by atoms with Gasteiger partial charge in [0.25, 0.3) is 0 Å². The number of benzene rings is 1. The number of hydrogen-bond donors (Lipinski definition) is 0. The molecule has 2 aromatic rings. The summed E-state index contributed by atoms with van der Waals surface area (Å²) in [6.07, 6.45) is 7.37. The normalized spacial score (nSPS) is 10.9. The maximum Gasteiger partial charge on any atom is 0.0935 e. The van der Waals surface area contributed by atoms with Crippen LogP contribution < -0.4 is 0 Å². The fourth-order valence-electron chi connectivity index (χ4n) is 1.33. The number of hydrogen-bond acceptors (Lipinski definition) is 2. The third-order valence-electron chi connectivity index (χ3n) is 1.99. The van der Waals surface area contributed by atoms with Gasteiger partial charge in [-0.15, -0.1) is 0 Å². The fraction of sp³-hybridized carbons (Fsp3) is 0. The predicted octanol–water partition coefficient (Wildman–Crippen LogP) is 2.83. The smallest absolute Gasteiger partial charge is 0.0935 e. The summed E-state index contributed by atoms with van der Waals surface area (Å²) in [7, 11) is 0. The molecule has 0 radical (unpaired) electrons. The Morgan fingerprint density at radius 2 is 2.07 bits per heavy atom. The van der Waals surface area contributed by atoms with E-state index in [1.165, 1.54) is 0 Å². The maximum absolute atomic E-state index is 4.04. The maximum atomic E-state index is 4.04. The van der Waals surface area contributed by atoms with Crippen LogP contribution in [-0.4, -0.2) is 10.2 Å². The Morgan fingerprint density at radius 3 is 2.93 bits per heavy atom. The zero-order chi connectivity index (χ0) is 9.80. The predicted molar refractivity (Wildman–Crippen MR) is 58.8 cm³/mol. The highest BCUT2D eigenvalue weighted by Crippen LogP contribution is 2.15. The number of nitrogens with zero attached hydrogens (tertiary/aromatic N) is 2. The minimum absolute atomic E-state index is 0.915. The van der Waals surface area contributed by atoms with Gasteiger partial charge >= 0.3 is 0 Å². The van der Waals surface area contributed by atoms with Crippen LogP contribution in [0.1, 0.15) is 5.56 Å². The molecule has 0 saturated carbocycles. The van der Waals surface area contributed by atoms with Gasteiger partial charge in [-0.05, 0) is 6.07 Å². The highest BCUT2D eigenvalue weighted by molar-refractivity contribution is 5.86. The lowest BCUT2D eigenvalue weighted by molar-refractivity contribution is 1.07. The topological polar surface area (TPSA) is 25.8 Å². The van der Waals surface area contributed by atoms with Gasteiger partial charge in [0.15, 0.2) is 0 Å². The largest absolute Gasteiger partial charge is 0.158 e. The van der Waals surface area contributed by atoms with E-state index in [-0.39, 0.29) is 0 Å². The Hall–Kier alpha value is -1.96. The van der Waals surface area contributed by atoms with E-state index in [0.717, 1.165) is 16.5 Å². The second kappa shape index (κ2) is 3.83. The van der Waals surface area contributed by atoms with Gasteiger partial charge in [0.1, 0.15) is 0 Å². The molecule has 0 aliphatic rings. The molecule has 1 heterocycles. The Labute approximate surface area is 82.6 Å². The lowest BCUT2D eigenvalue weighted by Crippen LogP contribution is -1.85. The van der Waals surface area contributed by atoms with Crippen molar-refractivity contribution in [3.63, 3.8) is 0 Å². The minimum atomic E-state index is 0.915. The molecule has 2 heteroatoms. The molecule has 0 aliphatic heterocycles. The third-order valence-corrected chi connectivity index (χ3v) is 1.99. The molecule has 0 amide bonds. The molecule has 0 unspecified atom stereocenters.